The van der Waals surface area contributed by atoms with E-state index in [1.165, 1.54) is 7.05 Å². The van der Waals surface area contributed by atoms with E-state index < -0.39 is 91.3 Å². The van der Waals surface area contributed by atoms with E-state index in [0.29, 0.717) is 0 Å². The quantitative estimate of drug-likeness (QED) is 0.393. The summed E-state index contributed by atoms with van der Waals surface area (Å²) in [5, 5.41) is 4.66. The van der Waals surface area contributed by atoms with Crippen molar-refractivity contribution in [2.75, 3.05) is 26.8 Å². The summed E-state index contributed by atoms with van der Waals surface area (Å²) in [6, 6.07) is -2.18. The molecule has 1 aliphatic rings. The molecule has 192 valence electrons. The number of rotatable bonds is 3. The molecule has 0 radical (unpaired) electrons. The Morgan fingerprint density at radius 1 is 0.794 bits per heavy atom. The molecule has 3 amide bonds. The fraction of sp³-hybridized carbons (Fsp3) is 0.727. The van der Waals surface area contributed by atoms with Gasteiger partial charge in [0.05, 0.1) is 0 Å². The maximum Gasteiger partial charge on any atom is 0.329 e. The predicted octanol–water partition coefficient (Wildman–Crippen LogP) is -0.606. The van der Waals surface area contributed by atoms with Gasteiger partial charge in [0.15, 0.2) is 19.3 Å². The van der Waals surface area contributed by atoms with Crippen LogP contribution in [0.25, 0.3) is 0 Å². The first kappa shape index (κ1) is 28.9. The molecule has 34 heavy (non-hydrogen) atoms. The number of amides is 3. The Morgan fingerprint density at radius 2 is 1.38 bits per heavy atom. The topological polar surface area (TPSA) is 157 Å². The number of hydrogen-bond donors (Lipinski definition) is 2. The number of likely N-dealkylation sites (N-methyl/N-ethyl adjacent to an activating group) is 1. The van der Waals surface area contributed by atoms with Gasteiger partial charge in [-0.2, -0.15) is 0 Å². The highest BCUT2D eigenvalue weighted by Crippen LogP contribution is 2.18. The van der Waals surface area contributed by atoms with Crippen molar-refractivity contribution >= 4 is 35.6 Å². The minimum absolute atomic E-state index is 0.392. The highest BCUT2D eigenvalue weighted by molar-refractivity contribution is 5.92. The minimum atomic E-state index is -1.25. The average molecular weight is 486 g/mol. The van der Waals surface area contributed by atoms with E-state index in [1.54, 1.807) is 41.5 Å². The Kier molecular flexibility index (Phi) is 10.9. The molecule has 12 heteroatoms. The van der Waals surface area contributed by atoms with Gasteiger partial charge >= 0.3 is 17.9 Å². The molecule has 1 fully saturated rings. The number of carbonyl (C=O) groups excluding carboxylic acids is 6. The van der Waals surface area contributed by atoms with Crippen molar-refractivity contribution < 1.29 is 43.0 Å². The van der Waals surface area contributed by atoms with E-state index >= 15 is 0 Å². The van der Waals surface area contributed by atoms with Gasteiger partial charge in [0.25, 0.3) is 17.7 Å². The second kappa shape index (κ2) is 12.9. The lowest BCUT2D eigenvalue weighted by Gasteiger charge is -2.33. The predicted molar refractivity (Wildman–Crippen MR) is 118 cm³/mol. The number of hydrogen-bond acceptors (Lipinski definition) is 9. The standard InChI is InChI=1S/C22H35N3O9/c1-11(2)17-21(30)34-19(13(5)6)20(29)25(7)18(12(3)4)22(31)33-9-14(26)23-8-16(28)32-10-15(27)24-17/h11-13,17-19H,8-10H2,1-7H3,(H,23,26)(H,24,27). The van der Waals surface area contributed by atoms with Crippen molar-refractivity contribution in [3.63, 3.8) is 0 Å². The fourth-order valence-electron chi connectivity index (χ4n) is 3.24. The molecule has 0 aromatic heterocycles. The Hall–Kier alpha value is -3.18. The zero-order valence-corrected chi connectivity index (χ0v) is 20.7. The fourth-order valence-corrected chi connectivity index (χ4v) is 3.24. The van der Waals surface area contributed by atoms with Crippen molar-refractivity contribution in [1.29, 1.82) is 0 Å². The molecule has 0 aromatic rings. The second-order valence-corrected chi connectivity index (χ2v) is 9.07. The molecule has 1 saturated heterocycles. The van der Waals surface area contributed by atoms with Crippen molar-refractivity contribution in [3.8, 4) is 0 Å². The summed E-state index contributed by atoms with van der Waals surface area (Å²) < 4.78 is 15.3. The number of cyclic esters (lactones) is 3. The molecule has 1 rings (SSSR count). The number of carbonyl (C=O) groups is 6. The van der Waals surface area contributed by atoms with E-state index in [9.17, 15) is 28.8 Å². The van der Waals surface area contributed by atoms with E-state index in [1.807, 2.05) is 0 Å². The van der Waals surface area contributed by atoms with Crippen LogP contribution >= 0.6 is 0 Å². The van der Waals surface area contributed by atoms with Crippen molar-refractivity contribution in [2.24, 2.45) is 17.8 Å². The molecule has 0 saturated carbocycles. The van der Waals surface area contributed by atoms with Gasteiger partial charge in [0, 0.05) is 7.05 Å². The average Bonchev–Trinajstić information content (AvgIpc) is 2.74. The Balaban J connectivity index is 3.30. The highest BCUT2D eigenvalue weighted by Gasteiger charge is 2.39. The van der Waals surface area contributed by atoms with Crippen LogP contribution in [0.3, 0.4) is 0 Å². The lowest BCUT2D eigenvalue weighted by molar-refractivity contribution is -0.170. The number of esters is 3. The lowest BCUT2D eigenvalue weighted by atomic mass is 9.99. The molecule has 2 N–H and O–H groups in total. The van der Waals surface area contributed by atoms with Crippen molar-refractivity contribution in [1.82, 2.24) is 15.5 Å². The van der Waals surface area contributed by atoms with Crippen LogP contribution in [0.2, 0.25) is 0 Å². The van der Waals surface area contributed by atoms with Gasteiger partial charge in [-0.15, -0.1) is 0 Å². The minimum Gasteiger partial charge on any atom is -0.454 e. The molecular formula is C22H35N3O9. The SMILES string of the molecule is CC(C)C1NC(=O)COC(=O)CNC(=O)COC(=O)C(C(C)C)N(C)C(=O)C(C(C)C)OC1=O. The molecule has 0 spiro atoms. The largest absolute Gasteiger partial charge is 0.454 e. The van der Waals surface area contributed by atoms with Gasteiger partial charge in [0.2, 0.25) is 0 Å². The van der Waals surface area contributed by atoms with Gasteiger partial charge in [-0.05, 0) is 17.8 Å². The van der Waals surface area contributed by atoms with E-state index in [4.69, 9.17) is 14.2 Å². The van der Waals surface area contributed by atoms with Gasteiger partial charge in [-0.25, -0.2) is 9.59 Å². The monoisotopic (exact) mass is 485 g/mol. The van der Waals surface area contributed by atoms with E-state index in [2.05, 4.69) is 10.6 Å². The van der Waals surface area contributed by atoms with Crippen LogP contribution in [-0.2, 0) is 43.0 Å². The number of ether oxygens (including phenoxy) is 3. The van der Waals surface area contributed by atoms with Crippen LogP contribution in [0, 0.1) is 17.8 Å². The van der Waals surface area contributed by atoms with E-state index in [0.717, 1.165) is 4.90 Å². The molecule has 1 heterocycles. The molecule has 3 atom stereocenters. The zero-order chi connectivity index (χ0) is 26.2. The Morgan fingerprint density at radius 3 is 1.91 bits per heavy atom. The van der Waals surface area contributed by atoms with Gasteiger partial charge in [-0.1, -0.05) is 41.5 Å². The second-order valence-electron chi connectivity index (χ2n) is 9.07. The molecule has 0 aromatic carbocycles. The third kappa shape index (κ3) is 8.31. The summed E-state index contributed by atoms with van der Waals surface area (Å²) in [4.78, 5) is 75.9. The number of nitrogens with one attached hydrogen (secondary N) is 2. The molecule has 3 unspecified atom stereocenters. The summed E-state index contributed by atoms with van der Waals surface area (Å²) in [7, 11) is 1.38. The molecule has 12 nitrogen and oxygen atoms in total. The van der Waals surface area contributed by atoms with Gasteiger partial charge in [-0.3, -0.25) is 19.2 Å². The normalized spacial score (nSPS) is 24.8. The van der Waals surface area contributed by atoms with Gasteiger partial charge < -0.3 is 29.7 Å². The smallest absolute Gasteiger partial charge is 0.329 e. The van der Waals surface area contributed by atoms with Crippen LogP contribution in [0.5, 0.6) is 0 Å². The maximum atomic E-state index is 13.2. The Labute approximate surface area is 199 Å². The van der Waals surface area contributed by atoms with Crippen LogP contribution < -0.4 is 10.6 Å². The first-order chi connectivity index (χ1) is 15.8. The molecular weight excluding hydrogens is 450 g/mol. The first-order valence-corrected chi connectivity index (χ1v) is 11.1. The third-order valence-electron chi connectivity index (χ3n) is 5.11. The lowest BCUT2D eigenvalue weighted by Crippen LogP contribution is -2.54. The summed E-state index contributed by atoms with van der Waals surface area (Å²) in [5.41, 5.74) is 0. The van der Waals surface area contributed by atoms with E-state index in [-0.39, 0.29) is 0 Å². The molecule has 0 aliphatic carbocycles. The maximum absolute atomic E-state index is 13.2. The molecule has 0 bridgehead atoms. The summed E-state index contributed by atoms with van der Waals surface area (Å²) in [5.74, 6) is -5.97. The summed E-state index contributed by atoms with van der Waals surface area (Å²) >= 11 is 0. The third-order valence-corrected chi connectivity index (χ3v) is 5.11. The summed E-state index contributed by atoms with van der Waals surface area (Å²) in [6.45, 7) is 8.14. The summed E-state index contributed by atoms with van der Waals surface area (Å²) in [6.07, 6.45) is -1.25. The van der Waals surface area contributed by atoms with Crippen molar-refractivity contribution in [2.45, 2.75) is 59.7 Å². The van der Waals surface area contributed by atoms with Crippen LogP contribution in [-0.4, -0.2) is 85.5 Å². The van der Waals surface area contributed by atoms with Gasteiger partial charge in [0.1, 0.15) is 18.6 Å². The zero-order valence-electron chi connectivity index (χ0n) is 20.7. The first-order valence-electron chi connectivity index (χ1n) is 11.1. The van der Waals surface area contributed by atoms with Crippen LogP contribution in [0.4, 0.5) is 0 Å². The molecule has 1 aliphatic heterocycles. The highest BCUT2D eigenvalue weighted by atomic mass is 16.6. The van der Waals surface area contributed by atoms with Crippen molar-refractivity contribution in [3.05, 3.63) is 0 Å². The number of nitrogens with zero attached hydrogens (tertiary/aromatic N) is 1. The Bertz CT molecular complexity index is 794. The van der Waals surface area contributed by atoms with Crippen LogP contribution in [0.15, 0.2) is 0 Å². The van der Waals surface area contributed by atoms with Crippen LogP contribution in [0.1, 0.15) is 41.5 Å².